The summed E-state index contributed by atoms with van der Waals surface area (Å²) in [6.45, 7) is 0. The fraction of sp³-hybridized carbons (Fsp3) is 0.778. The first-order chi connectivity index (χ1) is 6.10. The average molecular weight is 180 g/mol. The van der Waals surface area contributed by atoms with E-state index < -0.39 is 6.09 Å². The molecular formula is C9H12N2O2. The lowest BCUT2D eigenvalue weighted by Crippen LogP contribution is -2.55. The van der Waals surface area contributed by atoms with Gasteiger partial charge in [-0.25, -0.2) is 4.79 Å². The minimum Gasteiger partial charge on any atom is -0.465 e. The highest BCUT2D eigenvalue weighted by molar-refractivity contribution is 5.66. The van der Waals surface area contributed by atoms with Gasteiger partial charge in [0.05, 0.1) is 6.07 Å². The third kappa shape index (κ3) is 1.15. The minimum atomic E-state index is -0.938. The summed E-state index contributed by atoms with van der Waals surface area (Å²) in [5, 5.41) is 19.8. The Kier molecular flexibility index (Phi) is 1.53. The maximum Gasteiger partial charge on any atom is 0.405 e. The van der Waals surface area contributed by atoms with Gasteiger partial charge in [-0.1, -0.05) is 0 Å². The maximum absolute atomic E-state index is 10.5. The molecular weight excluding hydrogens is 168 g/mol. The van der Waals surface area contributed by atoms with Crippen LogP contribution in [0.4, 0.5) is 4.79 Å². The van der Waals surface area contributed by atoms with Crippen LogP contribution in [0, 0.1) is 16.7 Å². The topological polar surface area (TPSA) is 73.1 Å². The van der Waals surface area contributed by atoms with E-state index in [0.717, 1.165) is 25.7 Å². The first kappa shape index (κ1) is 8.36. The molecule has 0 spiro atoms. The fourth-order valence-electron chi connectivity index (χ4n) is 3.00. The smallest absolute Gasteiger partial charge is 0.405 e. The summed E-state index contributed by atoms with van der Waals surface area (Å²) in [6.07, 6.45) is 3.27. The molecule has 3 aliphatic carbocycles. The summed E-state index contributed by atoms with van der Waals surface area (Å²) in [6, 6.07) is 2.18. The van der Waals surface area contributed by atoms with Crippen molar-refractivity contribution < 1.29 is 9.90 Å². The third-order valence-corrected chi connectivity index (χ3v) is 3.39. The van der Waals surface area contributed by atoms with Gasteiger partial charge in [0.2, 0.25) is 0 Å². The second-order valence-corrected chi connectivity index (χ2v) is 4.40. The van der Waals surface area contributed by atoms with E-state index in [1.807, 2.05) is 0 Å². The van der Waals surface area contributed by atoms with Gasteiger partial charge in [0, 0.05) is 12.0 Å². The summed E-state index contributed by atoms with van der Waals surface area (Å²) in [5.41, 5.74) is -0.0279. The summed E-state index contributed by atoms with van der Waals surface area (Å²) in [7, 11) is 0. The highest BCUT2D eigenvalue weighted by Crippen LogP contribution is 2.62. The molecule has 13 heavy (non-hydrogen) atoms. The van der Waals surface area contributed by atoms with E-state index in [1.165, 1.54) is 0 Å². The van der Waals surface area contributed by atoms with Crippen LogP contribution in [0.25, 0.3) is 0 Å². The molecule has 2 bridgehead atoms. The Labute approximate surface area is 76.5 Å². The number of amides is 1. The Morgan fingerprint density at radius 2 is 2.23 bits per heavy atom. The second-order valence-electron chi connectivity index (χ2n) is 4.40. The number of hydrogen-bond donors (Lipinski definition) is 2. The predicted octanol–water partition coefficient (Wildman–Crippen LogP) is 1.48. The molecule has 0 aliphatic heterocycles. The number of carbonyl (C=O) groups is 1. The number of carboxylic acid groups (broad SMARTS) is 1. The van der Waals surface area contributed by atoms with E-state index >= 15 is 0 Å². The molecule has 3 fully saturated rings. The van der Waals surface area contributed by atoms with Crippen LogP contribution in [0.5, 0.6) is 0 Å². The van der Waals surface area contributed by atoms with Crippen molar-refractivity contribution in [3.8, 4) is 6.07 Å². The zero-order valence-corrected chi connectivity index (χ0v) is 7.34. The van der Waals surface area contributed by atoms with Gasteiger partial charge >= 0.3 is 6.09 Å². The van der Waals surface area contributed by atoms with Crippen molar-refractivity contribution in [2.75, 3.05) is 0 Å². The van der Waals surface area contributed by atoms with Gasteiger partial charge in [-0.2, -0.15) is 5.26 Å². The lowest BCUT2D eigenvalue weighted by Gasteiger charge is -2.46. The van der Waals surface area contributed by atoms with Crippen LogP contribution >= 0.6 is 0 Å². The van der Waals surface area contributed by atoms with Gasteiger partial charge in [0.25, 0.3) is 0 Å². The molecule has 0 saturated heterocycles. The zero-order valence-electron chi connectivity index (χ0n) is 7.34. The number of fused-ring (bicyclic) bond motifs is 1. The fourth-order valence-corrected chi connectivity index (χ4v) is 3.00. The van der Waals surface area contributed by atoms with Gasteiger partial charge in [-0.3, -0.25) is 0 Å². The molecule has 2 N–H and O–H groups in total. The summed E-state index contributed by atoms with van der Waals surface area (Å²) in [5.74, 6) is 0. The molecule has 1 amide bonds. The summed E-state index contributed by atoms with van der Waals surface area (Å²) in [4.78, 5) is 10.5. The molecule has 0 heterocycles. The third-order valence-electron chi connectivity index (χ3n) is 3.39. The van der Waals surface area contributed by atoms with Crippen LogP contribution in [-0.4, -0.2) is 16.7 Å². The first-order valence-electron chi connectivity index (χ1n) is 4.48. The SMILES string of the molecule is N#CCC12CCC(NC(=O)O)(C1)C2. The van der Waals surface area contributed by atoms with Crippen LogP contribution in [0.1, 0.15) is 32.1 Å². The lowest BCUT2D eigenvalue weighted by atomic mass is 9.64. The van der Waals surface area contributed by atoms with Gasteiger partial charge in [0.15, 0.2) is 0 Å². The molecule has 3 rings (SSSR count). The van der Waals surface area contributed by atoms with Crippen LogP contribution in [0.3, 0.4) is 0 Å². The monoisotopic (exact) mass is 180 g/mol. The van der Waals surface area contributed by atoms with E-state index in [2.05, 4.69) is 11.4 Å². The predicted molar refractivity (Wildman–Crippen MR) is 45.0 cm³/mol. The van der Waals surface area contributed by atoms with E-state index in [-0.39, 0.29) is 11.0 Å². The van der Waals surface area contributed by atoms with Crippen molar-refractivity contribution in [3.63, 3.8) is 0 Å². The Hall–Kier alpha value is -1.24. The van der Waals surface area contributed by atoms with Gasteiger partial charge < -0.3 is 10.4 Å². The van der Waals surface area contributed by atoms with Crippen LogP contribution in [0.2, 0.25) is 0 Å². The number of hydrogen-bond acceptors (Lipinski definition) is 2. The Bertz CT molecular complexity index is 286. The van der Waals surface area contributed by atoms with Crippen molar-refractivity contribution in [2.24, 2.45) is 5.41 Å². The molecule has 0 unspecified atom stereocenters. The molecule has 0 radical (unpaired) electrons. The van der Waals surface area contributed by atoms with Crippen LogP contribution < -0.4 is 5.32 Å². The molecule has 3 aliphatic rings. The minimum absolute atomic E-state index is 0.150. The van der Waals surface area contributed by atoms with E-state index in [1.54, 1.807) is 0 Å². The number of nitrogens with zero attached hydrogens (tertiary/aromatic N) is 1. The lowest BCUT2D eigenvalue weighted by molar-refractivity contribution is 0.0848. The zero-order chi connectivity index (χ0) is 9.53. The quantitative estimate of drug-likeness (QED) is 0.676. The highest BCUT2D eigenvalue weighted by Gasteiger charge is 2.61. The largest absolute Gasteiger partial charge is 0.465 e. The van der Waals surface area contributed by atoms with Gasteiger partial charge in [-0.05, 0) is 31.1 Å². The van der Waals surface area contributed by atoms with Gasteiger partial charge in [0.1, 0.15) is 0 Å². The standard InChI is InChI=1S/C9H12N2O2/c10-4-3-8-1-2-9(5-8,6-8)11-7(12)13/h11H,1-3,5-6H2,(H,12,13). The van der Waals surface area contributed by atoms with Crippen molar-refractivity contribution in [1.82, 2.24) is 5.32 Å². The van der Waals surface area contributed by atoms with E-state index in [9.17, 15) is 4.79 Å². The van der Waals surface area contributed by atoms with Crippen molar-refractivity contribution >= 4 is 6.09 Å². The van der Waals surface area contributed by atoms with Crippen molar-refractivity contribution in [2.45, 2.75) is 37.6 Å². The van der Waals surface area contributed by atoms with E-state index in [4.69, 9.17) is 10.4 Å². The first-order valence-corrected chi connectivity index (χ1v) is 4.48. The van der Waals surface area contributed by atoms with Gasteiger partial charge in [-0.15, -0.1) is 0 Å². The molecule has 4 heteroatoms. The molecule has 0 aromatic carbocycles. The normalized spacial score (nSPS) is 40.5. The Balaban J connectivity index is 1.99. The van der Waals surface area contributed by atoms with E-state index in [0.29, 0.717) is 6.42 Å². The van der Waals surface area contributed by atoms with Crippen molar-refractivity contribution in [1.29, 1.82) is 5.26 Å². The molecule has 70 valence electrons. The van der Waals surface area contributed by atoms with Crippen LogP contribution in [0.15, 0.2) is 0 Å². The number of rotatable bonds is 2. The average Bonchev–Trinajstić information content (AvgIpc) is 2.41. The van der Waals surface area contributed by atoms with Crippen LogP contribution in [-0.2, 0) is 0 Å². The molecule has 0 aromatic heterocycles. The Morgan fingerprint density at radius 1 is 1.54 bits per heavy atom. The Morgan fingerprint density at radius 3 is 2.77 bits per heavy atom. The molecule has 0 atom stereocenters. The highest BCUT2D eigenvalue weighted by atomic mass is 16.4. The number of nitrogens with one attached hydrogen (secondary N) is 1. The molecule has 3 saturated carbocycles. The maximum atomic E-state index is 10.5. The summed E-state index contributed by atoms with van der Waals surface area (Å²) < 4.78 is 0. The number of nitriles is 1. The van der Waals surface area contributed by atoms with Crippen molar-refractivity contribution in [3.05, 3.63) is 0 Å². The molecule has 4 nitrogen and oxygen atoms in total. The molecule has 0 aromatic rings. The second kappa shape index (κ2) is 2.38. The summed E-state index contributed by atoms with van der Waals surface area (Å²) >= 11 is 0.